The van der Waals surface area contributed by atoms with E-state index in [2.05, 4.69) is 5.32 Å². The van der Waals surface area contributed by atoms with Crippen LogP contribution >= 0.6 is 0 Å². The average molecular weight is 220 g/mol. The molecule has 0 bridgehead atoms. The largest absolute Gasteiger partial charge is 0.328 e. The third-order valence-corrected chi connectivity index (χ3v) is 2.32. The molecular weight excluding hydrogens is 211 g/mol. The Hall–Kier alpha value is -2.17. The number of benzene rings is 1. The topological polar surface area (TPSA) is 49.4 Å². The number of halogens is 1. The lowest BCUT2D eigenvalue weighted by Gasteiger charge is -2.06. The molecule has 1 heterocycles. The molecule has 1 fully saturated rings. The minimum atomic E-state index is -0.518. The van der Waals surface area contributed by atoms with Crippen molar-refractivity contribution in [1.29, 1.82) is 0 Å². The Morgan fingerprint density at radius 2 is 2.00 bits per heavy atom. The highest BCUT2D eigenvalue weighted by molar-refractivity contribution is 6.13. The predicted octanol–water partition coefficient (Wildman–Crippen LogP) is 1.35. The smallest absolute Gasteiger partial charge is 0.292 e. The van der Waals surface area contributed by atoms with Gasteiger partial charge in [-0.25, -0.2) is 9.18 Å². The van der Waals surface area contributed by atoms with Crippen LogP contribution in [0.4, 0.5) is 9.18 Å². The number of amides is 3. The summed E-state index contributed by atoms with van der Waals surface area (Å²) in [6.45, 7) is 0. The lowest BCUT2D eigenvalue weighted by atomic mass is 10.2. The van der Waals surface area contributed by atoms with Gasteiger partial charge in [0, 0.05) is 12.6 Å². The number of rotatable bonds is 1. The normalized spacial score (nSPS) is 18.1. The van der Waals surface area contributed by atoms with Crippen LogP contribution in [-0.4, -0.2) is 23.9 Å². The first-order chi connectivity index (χ1) is 7.59. The molecule has 1 saturated heterocycles. The Bertz CT molecular complexity index is 497. The molecule has 82 valence electrons. The maximum Gasteiger partial charge on any atom is 0.328 e. The zero-order valence-electron chi connectivity index (χ0n) is 8.53. The number of nitrogens with zero attached hydrogens (tertiary/aromatic N) is 1. The highest BCUT2D eigenvalue weighted by Gasteiger charge is 2.29. The van der Waals surface area contributed by atoms with Crippen molar-refractivity contribution in [1.82, 2.24) is 10.2 Å². The number of nitrogens with one attached hydrogen (secondary N) is 1. The van der Waals surface area contributed by atoms with E-state index in [0.717, 1.165) is 4.90 Å². The van der Waals surface area contributed by atoms with Gasteiger partial charge in [-0.3, -0.25) is 15.0 Å². The van der Waals surface area contributed by atoms with Crippen LogP contribution in [-0.2, 0) is 4.79 Å². The Balaban J connectivity index is 2.42. The molecule has 1 N–H and O–H groups in total. The van der Waals surface area contributed by atoms with Crippen molar-refractivity contribution in [2.24, 2.45) is 0 Å². The Kier molecular flexibility index (Phi) is 2.44. The standard InChI is InChI=1S/C11H9FN2O2/c1-14-9(10(15)13-11(14)16)6-7-4-2-3-5-8(7)12/h2-6H,1H3,(H,13,15,16)/b9-6-. The van der Waals surface area contributed by atoms with E-state index in [1.807, 2.05) is 0 Å². The van der Waals surface area contributed by atoms with E-state index in [1.54, 1.807) is 12.1 Å². The van der Waals surface area contributed by atoms with Gasteiger partial charge < -0.3 is 0 Å². The van der Waals surface area contributed by atoms with Gasteiger partial charge in [-0.05, 0) is 12.1 Å². The molecule has 16 heavy (non-hydrogen) atoms. The maximum atomic E-state index is 13.3. The number of likely N-dealkylation sites (N-methyl/N-ethyl adjacent to an activating group) is 1. The monoisotopic (exact) mass is 220 g/mol. The SMILES string of the molecule is CN1C(=O)NC(=O)/C1=C/c1ccccc1F. The van der Waals surface area contributed by atoms with Gasteiger partial charge in [0.05, 0.1) is 0 Å². The predicted molar refractivity (Wildman–Crippen MR) is 55.7 cm³/mol. The second-order valence-corrected chi connectivity index (χ2v) is 3.37. The number of carbonyl (C=O) groups is 2. The second kappa shape index (κ2) is 3.77. The molecule has 1 aromatic rings. The molecule has 0 unspecified atom stereocenters. The van der Waals surface area contributed by atoms with Crippen molar-refractivity contribution in [3.63, 3.8) is 0 Å². The molecule has 2 rings (SSSR count). The average Bonchev–Trinajstić information content (AvgIpc) is 2.48. The molecule has 0 aromatic heterocycles. The molecule has 0 atom stereocenters. The quantitative estimate of drug-likeness (QED) is 0.573. The molecule has 4 nitrogen and oxygen atoms in total. The van der Waals surface area contributed by atoms with Crippen LogP contribution in [0.5, 0.6) is 0 Å². The summed E-state index contributed by atoms with van der Waals surface area (Å²) in [6.07, 6.45) is 1.34. The summed E-state index contributed by atoms with van der Waals surface area (Å²) in [6, 6.07) is 5.53. The van der Waals surface area contributed by atoms with Crippen molar-refractivity contribution in [3.05, 3.63) is 41.3 Å². The summed E-state index contributed by atoms with van der Waals surface area (Å²) in [7, 11) is 1.45. The lowest BCUT2D eigenvalue weighted by Crippen LogP contribution is -2.24. The molecule has 0 radical (unpaired) electrons. The van der Waals surface area contributed by atoms with Crippen molar-refractivity contribution in [2.45, 2.75) is 0 Å². The molecule has 1 aliphatic rings. The van der Waals surface area contributed by atoms with Crippen molar-refractivity contribution in [3.8, 4) is 0 Å². The van der Waals surface area contributed by atoms with E-state index >= 15 is 0 Å². The Labute approximate surface area is 91.4 Å². The first-order valence-corrected chi connectivity index (χ1v) is 4.65. The van der Waals surface area contributed by atoms with E-state index in [1.165, 1.54) is 25.3 Å². The van der Waals surface area contributed by atoms with Crippen LogP contribution in [0.3, 0.4) is 0 Å². The zero-order valence-corrected chi connectivity index (χ0v) is 8.53. The fourth-order valence-electron chi connectivity index (χ4n) is 1.41. The zero-order chi connectivity index (χ0) is 11.7. The van der Waals surface area contributed by atoms with E-state index in [4.69, 9.17) is 0 Å². The second-order valence-electron chi connectivity index (χ2n) is 3.37. The summed E-state index contributed by atoms with van der Waals surface area (Å²) in [5.74, 6) is -0.952. The molecule has 0 spiro atoms. The number of urea groups is 1. The van der Waals surface area contributed by atoms with Crippen LogP contribution in [0.15, 0.2) is 30.0 Å². The highest BCUT2D eigenvalue weighted by atomic mass is 19.1. The van der Waals surface area contributed by atoms with Crippen LogP contribution in [0.25, 0.3) is 6.08 Å². The third-order valence-electron chi connectivity index (χ3n) is 2.32. The molecule has 0 saturated carbocycles. The van der Waals surface area contributed by atoms with Crippen LogP contribution in [0.2, 0.25) is 0 Å². The summed E-state index contributed by atoms with van der Waals surface area (Å²) < 4.78 is 13.3. The van der Waals surface area contributed by atoms with E-state index in [-0.39, 0.29) is 11.3 Å². The van der Waals surface area contributed by atoms with Crippen LogP contribution in [0.1, 0.15) is 5.56 Å². The molecule has 1 aliphatic heterocycles. The van der Waals surface area contributed by atoms with Crippen molar-refractivity contribution in [2.75, 3.05) is 7.05 Å². The molecule has 1 aromatic carbocycles. The van der Waals surface area contributed by atoms with E-state index in [0.29, 0.717) is 0 Å². The first kappa shape index (κ1) is 10.4. The number of hydrogen-bond acceptors (Lipinski definition) is 2. The van der Waals surface area contributed by atoms with Crippen molar-refractivity contribution < 1.29 is 14.0 Å². The molecule has 5 heteroatoms. The van der Waals surface area contributed by atoms with E-state index in [9.17, 15) is 14.0 Å². The number of carbonyl (C=O) groups excluding carboxylic acids is 2. The first-order valence-electron chi connectivity index (χ1n) is 4.65. The van der Waals surface area contributed by atoms with Gasteiger partial charge in [0.25, 0.3) is 5.91 Å². The lowest BCUT2D eigenvalue weighted by molar-refractivity contribution is -0.115. The Morgan fingerprint density at radius 1 is 1.31 bits per heavy atom. The Morgan fingerprint density at radius 3 is 2.56 bits per heavy atom. The fraction of sp³-hybridized carbons (Fsp3) is 0.0909. The van der Waals surface area contributed by atoms with Crippen LogP contribution < -0.4 is 5.32 Å². The van der Waals surface area contributed by atoms with Crippen LogP contribution in [0, 0.1) is 5.82 Å². The third kappa shape index (κ3) is 1.67. The molecule has 3 amide bonds. The number of hydrogen-bond donors (Lipinski definition) is 1. The summed E-state index contributed by atoms with van der Waals surface area (Å²) in [4.78, 5) is 23.6. The summed E-state index contributed by atoms with van der Waals surface area (Å²) >= 11 is 0. The van der Waals surface area contributed by atoms with Gasteiger partial charge in [0.1, 0.15) is 11.5 Å². The summed E-state index contributed by atoms with van der Waals surface area (Å²) in [5, 5.41) is 2.11. The van der Waals surface area contributed by atoms with Gasteiger partial charge in [0.2, 0.25) is 0 Å². The van der Waals surface area contributed by atoms with Crippen molar-refractivity contribution >= 4 is 18.0 Å². The minimum absolute atomic E-state index is 0.134. The van der Waals surface area contributed by atoms with Gasteiger partial charge in [0.15, 0.2) is 0 Å². The van der Waals surface area contributed by atoms with Gasteiger partial charge >= 0.3 is 6.03 Å². The van der Waals surface area contributed by atoms with E-state index < -0.39 is 17.8 Å². The summed E-state index contributed by atoms with van der Waals surface area (Å²) in [5.41, 5.74) is 0.407. The number of imide groups is 1. The minimum Gasteiger partial charge on any atom is -0.292 e. The maximum absolute atomic E-state index is 13.3. The molecular formula is C11H9FN2O2. The van der Waals surface area contributed by atoms with Gasteiger partial charge in [-0.1, -0.05) is 18.2 Å². The van der Waals surface area contributed by atoms with Gasteiger partial charge in [-0.2, -0.15) is 0 Å². The highest BCUT2D eigenvalue weighted by Crippen LogP contribution is 2.16. The molecule has 0 aliphatic carbocycles. The fourth-order valence-corrected chi connectivity index (χ4v) is 1.41. The van der Waals surface area contributed by atoms with Gasteiger partial charge in [-0.15, -0.1) is 0 Å².